The first-order valence-electron chi connectivity index (χ1n) is 13.1. The van der Waals surface area contributed by atoms with E-state index in [1.165, 1.54) is 23.1 Å². The summed E-state index contributed by atoms with van der Waals surface area (Å²) in [6.45, 7) is 0. The van der Waals surface area contributed by atoms with E-state index in [1.807, 2.05) is 66.0 Å². The lowest BCUT2D eigenvalue weighted by molar-refractivity contribution is -0.114. The number of anilines is 2. The van der Waals surface area contributed by atoms with Gasteiger partial charge < -0.3 is 16.0 Å². The Morgan fingerprint density at radius 3 is 2.33 bits per heavy atom. The lowest BCUT2D eigenvalue weighted by Gasteiger charge is -2.12. The summed E-state index contributed by atoms with van der Waals surface area (Å²) in [7, 11) is 0. The molecule has 0 fully saturated rings. The summed E-state index contributed by atoms with van der Waals surface area (Å²) in [6, 6.07) is 32.5. The summed E-state index contributed by atoms with van der Waals surface area (Å²) >= 11 is 8.91. The number of hydrogen-bond acceptors (Lipinski definition) is 6. The van der Waals surface area contributed by atoms with Crippen molar-refractivity contribution in [2.75, 3.05) is 16.4 Å². The number of benzene rings is 4. The number of thiazole rings is 1. The Labute approximate surface area is 262 Å². The summed E-state index contributed by atoms with van der Waals surface area (Å²) < 4.78 is 0. The van der Waals surface area contributed by atoms with Crippen LogP contribution in [0.2, 0.25) is 5.02 Å². The number of nitrogens with one attached hydrogen (secondary N) is 3. The zero-order valence-electron chi connectivity index (χ0n) is 22.6. The molecular weight excluding hydrogens is 600 g/mol. The maximum Gasteiger partial charge on any atom is 0.272 e. The van der Waals surface area contributed by atoms with Crippen molar-refractivity contribution in [2.24, 2.45) is 0 Å². The van der Waals surface area contributed by atoms with Gasteiger partial charge in [0.1, 0.15) is 5.70 Å². The number of nitrogens with zero attached hydrogens (tertiary/aromatic N) is 1. The van der Waals surface area contributed by atoms with Gasteiger partial charge >= 0.3 is 0 Å². The van der Waals surface area contributed by atoms with E-state index in [-0.39, 0.29) is 17.4 Å². The molecule has 214 valence electrons. The molecule has 3 amide bonds. The van der Waals surface area contributed by atoms with E-state index in [9.17, 15) is 14.4 Å². The summed E-state index contributed by atoms with van der Waals surface area (Å²) in [5.41, 5.74) is 3.31. The van der Waals surface area contributed by atoms with E-state index in [4.69, 9.17) is 11.6 Å². The molecule has 3 N–H and O–H groups in total. The number of amides is 3. The molecule has 0 atom stereocenters. The third-order valence-electron chi connectivity index (χ3n) is 6.00. The largest absolute Gasteiger partial charge is 0.321 e. The van der Waals surface area contributed by atoms with Crippen LogP contribution in [-0.2, 0) is 9.59 Å². The highest BCUT2D eigenvalue weighted by Crippen LogP contribution is 2.30. The minimum absolute atomic E-state index is 0.0945. The van der Waals surface area contributed by atoms with Gasteiger partial charge in [-0.25, -0.2) is 4.98 Å². The zero-order chi connectivity index (χ0) is 30.0. The van der Waals surface area contributed by atoms with E-state index in [0.717, 1.165) is 16.0 Å². The van der Waals surface area contributed by atoms with E-state index >= 15 is 0 Å². The molecule has 0 radical (unpaired) electrons. The Morgan fingerprint density at radius 2 is 1.56 bits per heavy atom. The molecule has 10 heteroatoms. The molecule has 0 saturated heterocycles. The standard InChI is InChI=1S/C33H25ClN4O3S2/c34-27-17-8-7-16-26(27)29-20-43-33(37-29)38-30(39)21-42-25-15-9-14-24(19-25)35-32(41)28(18-22-10-3-1-4-11-22)36-31(40)23-12-5-2-6-13-23/h1-20H,21H2,(H,35,41)(H,36,40)(H,37,38,39)/b28-18-. The van der Waals surface area contributed by atoms with E-state index in [0.29, 0.717) is 27.1 Å². The second kappa shape index (κ2) is 14.5. The van der Waals surface area contributed by atoms with Crippen LogP contribution in [0.1, 0.15) is 15.9 Å². The van der Waals surface area contributed by atoms with Crippen LogP contribution < -0.4 is 16.0 Å². The van der Waals surface area contributed by atoms with Crippen LogP contribution in [0.4, 0.5) is 10.8 Å². The van der Waals surface area contributed by atoms with Gasteiger partial charge in [-0.15, -0.1) is 23.1 Å². The van der Waals surface area contributed by atoms with Crippen LogP contribution in [0.5, 0.6) is 0 Å². The minimum Gasteiger partial charge on any atom is -0.321 e. The lowest BCUT2D eigenvalue weighted by atomic mass is 10.1. The number of carbonyl (C=O) groups is 3. The molecule has 0 aliphatic heterocycles. The highest BCUT2D eigenvalue weighted by Gasteiger charge is 2.16. The van der Waals surface area contributed by atoms with Crippen LogP contribution in [0, 0.1) is 0 Å². The second-order valence-corrected chi connectivity index (χ2v) is 11.4. The maximum atomic E-state index is 13.3. The van der Waals surface area contributed by atoms with Crippen LogP contribution in [0.3, 0.4) is 0 Å². The third-order valence-corrected chi connectivity index (χ3v) is 8.08. The molecule has 7 nitrogen and oxygen atoms in total. The third kappa shape index (κ3) is 8.42. The average Bonchev–Trinajstić information content (AvgIpc) is 3.49. The number of halogens is 1. The van der Waals surface area contributed by atoms with Crippen LogP contribution in [0.25, 0.3) is 17.3 Å². The summed E-state index contributed by atoms with van der Waals surface area (Å²) in [5, 5.41) is 11.3. The molecule has 0 spiro atoms. The molecular formula is C33H25ClN4O3S2. The van der Waals surface area contributed by atoms with Crippen molar-refractivity contribution in [3.8, 4) is 11.3 Å². The van der Waals surface area contributed by atoms with Crippen LogP contribution >= 0.6 is 34.7 Å². The first-order valence-corrected chi connectivity index (χ1v) is 15.4. The van der Waals surface area contributed by atoms with Gasteiger partial charge in [0.15, 0.2) is 5.13 Å². The van der Waals surface area contributed by atoms with Gasteiger partial charge in [-0.05, 0) is 48.0 Å². The molecule has 0 aliphatic carbocycles. The monoisotopic (exact) mass is 624 g/mol. The second-order valence-electron chi connectivity index (χ2n) is 9.13. The van der Waals surface area contributed by atoms with E-state index in [2.05, 4.69) is 20.9 Å². The van der Waals surface area contributed by atoms with E-state index in [1.54, 1.807) is 54.6 Å². The Balaban J connectivity index is 1.21. The SMILES string of the molecule is O=C(CSc1cccc(NC(=O)/C(=C/c2ccccc2)NC(=O)c2ccccc2)c1)Nc1nc(-c2ccccc2Cl)cs1. The van der Waals surface area contributed by atoms with Crippen molar-refractivity contribution < 1.29 is 14.4 Å². The number of thioether (sulfide) groups is 1. The van der Waals surface area contributed by atoms with Gasteiger partial charge in [0.05, 0.1) is 11.4 Å². The van der Waals surface area contributed by atoms with Crippen molar-refractivity contribution in [3.05, 3.63) is 136 Å². The first kappa shape index (κ1) is 29.8. The molecule has 43 heavy (non-hydrogen) atoms. The normalized spacial score (nSPS) is 11.0. The number of rotatable bonds is 10. The minimum atomic E-state index is -0.480. The van der Waals surface area contributed by atoms with Crippen molar-refractivity contribution in [3.63, 3.8) is 0 Å². The highest BCUT2D eigenvalue weighted by atomic mass is 35.5. The van der Waals surface area contributed by atoms with Gasteiger partial charge in [0.25, 0.3) is 11.8 Å². The smallest absolute Gasteiger partial charge is 0.272 e. The number of aromatic nitrogens is 1. The zero-order valence-corrected chi connectivity index (χ0v) is 25.0. The van der Waals surface area contributed by atoms with Gasteiger partial charge in [0.2, 0.25) is 5.91 Å². The average molecular weight is 625 g/mol. The molecule has 5 aromatic rings. The Kier molecular flexibility index (Phi) is 10.0. The Hall–Kier alpha value is -4.70. The Bertz CT molecular complexity index is 1780. The summed E-state index contributed by atoms with van der Waals surface area (Å²) in [4.78, 5) is 44.1. The molecule has 1 aromatic heterocycles. The van der Waals surface area contributed by atoms with Crippen molar-refractivity contribution in [1.82, 2.24) is 10.3 Å². The fraction of sp³-hybridized carbons (Fsp3) is 0.0303. The molecule has 0 bridgehead atoms. The summed E-state index contributed by atoms with van der Waals surface area (Å²) in [5.74, 6) is -0.945. The predicted octanol–water partition coefficient (Wildman–Crippen LogP) is 7.60. The molecule has 0 aliphatic rings. The molecule has 0 saturated carbocycles. The first-order chi connectivity index (χ1) is 20.9. The van der Waals surface area contributed by atoms with Crippen LogP contribution in [0.15, 0.2) is 125 Å². The lowest BCUT2D eigenvalue weighted by Crippen LogP contribution is -2.30. The molecule has 5 rings (SSSR count). The summed E-state index contributed by atoms with van der Waals surface area (Å²) in [6.07, 6.45) is 1.62. The van der Waals surface area contributed by atoms with Gasteiger partial charge in [-0.1, -0.05) is 84.4 Å². The number of carbonyl (C=O) groups excluding carboxylic acids is 3. The van der Waals surface area contributed by atoms with Gasteiger partial charge in [0, 0.05) is 32.1 Å². The van der Waals surface area contributed by atoms with Gasteiger partial charge in [-0.3, -0.25) is 14.4 Å². The van der Waals surface area contributed by atoms with Crippen molar-refractivity contribution in [1.29, 1.82) is 0 Å². The molecule has 0 unspecified atom stereocenters. The molecule has 4 aromatic carbocycles. The topological polar surface area (TPSA) is 100 Å². The van der Waals surface area contributed by atoms with Crippen molar-refractivity contribution >= 4 is 69.3 Å². The van der Waals surface area contributed by atoms with Gasteiger partial charge in [-0.2, -0.15) is 0 Å². The van der Waals surface area contributed by atoms with E-state index < -0.39 is 11.8 Å². The van der Waals surface area contributed by atoms with Crippen molar-refractivity contribution in [2.45, 2.75) is 4.90 Å². The Morgan fingerprint density at radius 1 is 0.837 bits per heavy atom. The molecule has 1 heterocycles. The van der Waals surface area contributed by atoms with Crippen LogP contribution in [-0.4, -0.2) is 28.5 Å². The fourth-order valence-corrected chi connectivity index (χ4v) is 5.66. The number of hydrogen-bond donors (Lipinski definition) is 3. The quantitative estimate of drug-likeness (QED) is 0.110. The fourth-order valence-electron chi connectivity index (χ4n) is 3.95. The maximum absolute atomic E-state index is 13.3. The predicted molar refractivity (Wildman–Crippen MR) is 175 cm³/mol. The highest BCUT2D eigenvalue weighted by molar-refractivity contribution is 8.00.